The number of nitrogens with zero attached hydrogens (tertiary/aromatic N) is 1. The van der Waals surface area contributed by atoms with Gasteiger partial charge in [-0.25, -0.2) is 0 Å². The summed E-state index contributed by atoms with van der Waals surface area (Å²) in [4.78, 5) is 41.9. The molecule has 0 aromatic heterocycles. The lowest BCUT2D eigenvalue weighted by Gasteiger charge is -2.39. The number of carbonyl (C=O) groups is 3. The summed E-state index contributed by atoms with van der Waals surface area (Å²) >= 11 is 1.65. The summed E-state index contributed by atoms with van der Waals surface area (Å²) < 4.78 is -0.624. The predicted octanol–water partition coefficient (Wildman–Crippen LogP) is 1.55. The van der Waals surface area contributed by atoms with Crippen LogP contribution >= 0.6 is 11.8 Å². The number of hydrogen-bond acceptors (Lipinski definition) is 5. The molecule has 7 atom stereocenters. The van der Waals surface area contributed by atoms with Crippen molar-refractivity contribution >= 4 is 29.5 Å². The molecule has 3 aliphatic rings. The van der Waals surface area contributed by atoms with Crippen LogP contribution in [0.2, 0.25) is 0 Å². The van der Waals surface area contributed by atoms with Crippen LogP contribution < -0.4 is 10.6 Å². The highest BCUT2D eigenvalue weighted by Gasteiger charge is 2.74. The molecule has 2 bridgehead atoms. The molecule has 0 radical (unpaired) electrons. The first-order chi connectivity index (χ1) is 15.4. The Morgan fingerprint density at radius 3 is 2.62 bits per heavy atom. The molecule has 0 saturated carbocycles. The van der Waals surface area contributed by atoms with Gasteiger partial charge in [-0.2, -0.15) is 0 Å². The molecular weight excluding hydrogens is 426 g/mol. The Morgan fingerprint density at radius 1 is 1.28 bits per heavy atom. The topological polar surface area (TPSA) is 98.7 Å². The third-order valence-electron chi connectivity index (χ3n) is 7.69. The van der Waals surface area contributed by atoms with Crippen molar-refractivity contribution in [2.75, 3.05) is 13.7 Å². The average Bonchev–Trinajstić information content (AvgIpc) is 3.46. The molecule has 3 heterocycles. The van der Waals surface area contributed by atoms with E-state index in [2.05, 4.69) is 10.6 Å². The van der Waals surface area contributed by atoms with E-state index in [-0.39, 0.29) is 35.5 Å². The van der Waals surface area contributed by atoms with E-state index in [1.54, 1.807) is 23.7 Å². The molecule has 3 fully saturated rings. The maximum Gasteiger partial charge on any atom is 0.244 e. The van der Waals surface area contributed by atoms with Crippen LogP contribution in [0.25, 0.3) is 0 Å². The van der Waals surface area contributed by atoms with E-state index in [0.717, 1.165) is 24.8 Å². The molecule has 8 heteroatoms. The zero-order chi connectivity index (χ0) is 23.0. The predicted molar refractivity (Wildman–Crippen MR) is 124 cm³/mol. The molecule has 1 spiro atoms. The van der Waals surface area contributed by atoms with Crippen molar-refractivity contribution in [1.29, 1.82) is 0 Å². The molecular formula is C24H33N3O4S. The van der Waals surface area contributed by atoms with Gasteiger partial charge in [-0.05, 0) is 24.3 Å². The average molecular weight is 460 g/mol. The summed E-state index contributed by atoms with van der Waals surface area (Å²) in [6.45, 7) is 4.19. The maximum atomic E-state index is 13.9. The molecule has 1 aromatic carbocycles. The van der Waals surface area contributed by atoms with Crippen molar-refractivity contribution in [3.63, 3.8) is 0 Å². The first-order valence-corrected chi connectivity index (χ1v) is 12.4. The van der Waals surface area contributed by atoms with Crippen LogP contribution in [0.4, 0.5) is 0 Å². The number of hydrogen-bond donors (Lipinski definition) is 3. The van der Waals surface area contributed by atoms with Crippen LogP contribution in [0.3, 0.4) is 0 Å². The van der Waals surface area contributed by atoms with Crippen molar-refractivity contribution in [2.24, 2.45) is 17.8 Å². The molecule has 174 valence electrons. The molecule has 3 aliphatic heterocycles. The number of rotatable bonds is 8. The van der Waals surface area contributed by atoms with E-state index >= 15 is 0 Å². The van der Waals surface area contributed by atoms with Gasteiger partial charge in [-0.1, -0.05) is 50.6 Å². The van der Waals surface area contributed by atoms with Gasteiger partial charge < -0.3 is 20.6 Å². The van der Waals surface area contributed by atoms with Crippen molar-refractivity contribution in [3.8, 4) is 0 Å². The summed E-state index contributed by atoms with van der Waals surface area (Å²) in [7, 11) is 1.60. The monoisotopic (exact) mass is 459 g/mol. The van der Waals surface area contributed by atoms with Crippen LogP contribution in [-0.2, 0) is 20.9 Å². The van der Waals surface area contributed by atoms with Gasteiger partial charge in [0.2, 0.25) is 17.7 Å². The van der Waals surface area contributed by atoms with E-state index in [4.69, 9.17) is 0 Å². The van der Waals surface area contributed by atoms with Gasteiger partial charge in [0.05, 0.1) is 29.2 Å². The van der Waals surface area contributed by atoms with Crippen molar-refractivity contribution < 1.29 is 19.5 Å². The van der Waals surface area contributed by atoms with Gasteiger partial charge in [0.15, 0.2) is 0 Å². The third kappa shape index (κ3) is 3.52. The number of thioether (sulfide) groups is 1. The van der Waals surface area contributed by atoms with Crippen LogP contribution in [0.15, 0.2) is 30.3 Å². The smallest absolute Gasteiger partial charge is 0.244 e. The summed E-state index contributed by atoms with van der Waals surface area (Å²) in [6, 6.07) is 8.53. The Kier molecular flexibility index (Phi) is 6.54. The molecule has 3 saturated heterocycles. The summed E-state index contributed by atoms with van der Waals surface area (Å²) in [5.41, 5.74) is 0.984. The zero-order valence-corrected chi connectivity index (χ0v) is 19.7. The van der Waals surface area contributed by atoms with Gasteiger partial charge in [-0.3, -0.25) is 14.4 Å². The molecule has 3 N–H and O–H groups in total. The first-order valence-electron chi connectivity index (χ1n) is 11.5. The van der Waals surface area contributed by atoms with Gasteiger partial charge in [-0.15, -0.1) is 11.8 Å². The van der Waals surface area contributed by atoms with Gasteiger partial charge in [0, 0.05) is 18.8 Å². The standard InChI is InChI=1S/C24H33N3O4S/c1-4-14(2)16(13-28)27-20(22(30)26-12-15-8-6-5-7-9-15)24-11-10-17(32-24)18(21(29)25-3)19(24)23(27)31/h5-9,14,16-20,28H,4,10-13H2,1-3H3,(H,25,29)(H,26,30)/t14-,16-,17+,18-,19-,20?,24?/m0/s1. The summed E-state index contributed by atoms with van der Waals surface area (Å²) in [6.07, 6.45) is 2.32. The lowest BCUT2D eigenvalue weighted by Crippen LogP contribution is -2.57. The fourth-order valence-electron chi connectivity index (χ4n) is 5.91. The fourth-order valence-corrected chi connectivity index (χ4v) is 8.12. The Morgan fingerprint density at radius 2 is 2.00 bits per heavy atom. The van der Waals surface area contributed by atoms with Crippen LogP contribution in [0.5, 0.6) is 0 Å². The molecule has 32 heavy (non-hydrogen) atoms. The molecule has 2 unspecified atom stereocenters. The minimum absolute atomic E-state index is 0.0317. The molecule has 7 nitrogen and oxygen atoms in total. The Hall–Kier alpha value is -2.06. The van der Waals surface area contributed by atoms with E-state index in [0.29, 0.717) is 6.54 Å². The van der Waals surface area contributed by atoms with Gasteiger partial charge >= 0.3 is 0 Å². The maximum absolute atomic E-state index is 13.9. The zero-order valence-electron chi connectivity index (χ0n) is 18.9. The number of aliphatic hydroxyl groups excluding tert-OH is 1. The highest BCUT2D eigenvalue weighted by molar-refractivity contribution is 8.02. The molecule has 3 amide bonds. The number of nitrogens with one attached hydrogen (secondary N) is 2. The lowest BCUT2D eigenvalue weighted by molar-refractivity contribution is -0.143. The molecule has 0 aliphatic carbocycles. The van der Waals surface area contributed by atoms with E-state index < -0.39 is 28.7 Å². The largest absolute Gasteiger partial charge is 0.394 e. The van der Waals surface area contributed by atoms with Gasteiger partial charge in [0.1, 0.15) is 6.04 Å². The quantitative estimate of drug-likeness (QED) is 0.548. The van der Waals surface area contributed by atoms with Crippen molar-refractivity contribution in [2.45, 2.75) is 61.7 Å². The molecule has 4 rings (SSSR count). The number of fused-ring (bicyclic) bond motifs is 1. The van der Waals surface area contributed by atoms with E-state index in [9.17, 15) is 19.5 Å². The highest BCUT2D eigenvalue weighted by Crippen LogP contribution is 2.66. The number of amides is 3. The first kappa shape index (κ1) is 23.1. The third-order valence-corrected chi connectivity index (χ3v) is 9.64. The Balaban J connectivity index is 1.70. The number of likely N-dealkylation sites (tertiary alicyclic amines) is 1. The van der Waals surface area contributed by atoms with Crippen molar-refractivity contribution in [1.82, 2.24) is 15.5 Å². The fraction of sp³-hybridized carbons (Fsp3) is 0.625. The van der Waals surface area contributed by atoms with Gasteiger partial charge in [0.25, 0.3) is 0 Å². The van der Waals surface area contributed by atoms with E-state index in [1.807, 2.05) is 44.2 Å². The molecule has 1 aromatic rings. The second-order valence-electron chi connectivity index (χ2n) is 9.25. The Bertz CT molecular complexity index is 881. The summed E-state index contributed by atoms with van der Waals surface area (Å²) in [5, 5.41) is 16.1. The second kappa shape index (κ2) is 9.06. The number of benzene rings is 1. The summed E-state index contributed by atoms with van der Waals surface area (Å²) in [5.74, 6) is -1.42. The van der Waals surface area contributed by atoms with Crippen LogP contribution in [-0.4, -0.2) is 63.5 Å². The SMILES string of the molecule is CC[C@H](C)[C@H](CO)N1C(=O)[C@@H]2[C@@H](C(=O)NC)[C@H]3CCC2(S3)C1C(=O)NCc1ccccc1. The second-order valence-corrected chi connectivity index (χ2v) is 10.9. The van der Waals surface area contributed by atoms with E-state index in [1.165, 1.54) is 0 Å². The lowest BCUT2D eigenvalue weighted by atomic mass is 9.70. The minimum atomic E-state index is -0.695. The Labute approximate surface area is 193 Å². The highest BCUT2D eigenvalue weighted by atomic mass is 32.2. The normalized spacial score (nSPS) is 32.5. The number of aliphatic hydroxyl groups is 1. The van der Waals surface area contributed by atoms with Crippen LogP contribution in [0, 0.1) is 17.8 Å². The number of carbonyl (C=O) groups excluding carboxylic acids is 3. The van der Waals surface area contributed by atoms with Crippen LogP contribution in [0.1, 0.15) is 38.7 Å². The minimum Gasteiger partial charge on any atom is -0.394 e. The van der Waals surface area contributed by atoms with Crippen molar-refractivity contribution in [3.05, 3.63) is 35.9 Å².